The molecule has 7 rings (SSSR count). The molecule has 5 aromatic carbocycles. The Bertz CT molecular complexity index is 2030. The van der Waals surface area contributed by atoms with Gasteiger partial charge >= 0.3 is 0 Å². The molecule has 4 nitrogen and oxygen atoms in total. The van der Waals surface area contributed by atoms with Gasteiger partial charge in [0.15, 0.2) is 0 Å². The minimum Gasteiger partial charge on any atom is -0.507 e. The van der Waals surface area contributed by atoms with Crippen molar-refractivity contribution in [3.63, 3.8) is 0 Å². The Hall–Kier alpha value is -4.57. The molecule has 0 saturated heterocycles. The van der Waals surface area contributed by atoms with E-state index in [1.165, 1.54) is 21.9 Å². The van der Waals surface area contributed by atoms with Crippen LogP contribution in [0, 0.1) is 19.9 Å². The van der Waals surface area contributed by atoms with Crippen LogP contribution in [0.15, 0.2) is 121 Å². The summed E-state index contributed by atoms with van der Waals surface area (Å²) in [6.07, 6.45) is 1.90. The van der Waals surface area contributed by atoms with E-state index in [-0.39, 0.29) is 25.9 Å². The third-order valence-corrected chi connectivity index (χ3v) is 7.58. The van der Waals surface area contributed by atoms with E-state index in [0.717, 1.165) is 44.9 Å². The quantitative estimate of drug-likeness (QED) is 0.182. The van der Waals surface area contributed by atoms with Gasteiger partial charge in [0.25, 0.3) is 0 Å². The van der Waals surface area contributed by atoms with Gasteiger partial charge in [-0.1, -0.05) is 88.4 Å². The van der Waals surface area contributed by atoms with Crippen LogP contribution in [0.1, 0.15) is 36.5 Å². The Kier molecular flexibility index (Phi) is 9.39. The van der Waals surface area contributed by atoms with Crippen molar-refractivity contribution in [2.75, 3.05) is 0 Å². The fourth-order valence-electron chi connectivity index (χ4n) is 5.50. The molecular formula is C39H34IrN3O-. The van der Waals surface area contributed by atoms with Gasteiger partial charge in [-0.15, -0.1) is 34.9 Å². The number of para-hydroxylation sites is 4. The van der Waals surface area contributed by atoms with E-state index in [1.54, 1.807) is 6.07 Å². The number of phenols is 1. The van der Waals surface area contributed by atoms with Crippen LogP contribution >= 0.6 is 0 Å². The van der Waals surface area contributed by atoms with Gasteiger partial charge in [0, 0.05) is 32.0 Å². The number of nitrogens with zero attached hydrogens (tertiary/aromatic N) is 3. The first kappa shape index (κ1) is 30.9. The topological polar surface area (TPSA) is 50.9 Å². The van der Waals surface area contributed by atoms with Gasteiger partial charge in [-0.3, -0.25) is 4.57 Å². The van der Waals surface area contributed by atoms with Gasteiger partial charge in [-0.25, -0.2) is 4.98 Å². The fraction of sp³-hybridized carbons (Fsp3) is 0.128. The zero-order valence-corrected chi connectivity index (χ0v) is 27.6. The fourth-order valence-corrected chi connectivity index (χ4v) is 5.50. The minimum atomic E-state index is 0. The number of hydrogen-bond acceptors (Lipinski definition) is 3. The zero-order valence-electron chi connectivity index (χ0n) is 25.2. The Morgan fingerprint density at radius 2 is 1.50 bits per heavy atom. The molecule has 0 spiro atoms. The van der Waals surface area contributed by atoms with E-state index < -0.39 is 0 Å². The van der Waals surface area contributed by atoms with Gasteiger partial charge in [0.2, 0.25) is 0 Å². The van der Waals surface area contributed by atoms with E-state index in [9.17, 15) is 5.11 Å². The number of rotatable bonds is 4. The van der Waals surface area contributed by atoms with Crippen LogP contribution < -0.4 is 0 Å². The van der Waals surface area contributed by atoms with E-state index in [1.807, 2.05) is 79.0 Å². The molecule has 44 heavy (non-hydrogen) atoms. The third kappa shape index (κ3) is 6.35. The Morgan fingerprint density at radius 1 is 0.773 bits per heavy atom. The molecule has 2 heterocycles. The summed E-state index contributed by atoms with van der Waals surface area (Å²) in [6, 6.07) is 41.8. The summed E-state index contributed by atoms with van der Waals surface area (Å²) in [5.74, 6) is 1.51. The van der Waals surface area contributed by atoms with Crippen molar-refractivity contribution in [1.82, 2.24) is 14.5 Å². The molecule has 0 aliphatic rings. The van der Waals surface area contributed by atoms with Crippen LogP contribution in [0.2, 0.25) is 0 Å². The number of imidazole rings is 1. The number of pyridine rings is 1. The van der Waals surface area contributed by atoms with Crippen LogP contribution in [0.25, 0.3) is 50.1 Å². The predicted molar refractivity (Wildman–Crippen MR) is 178 cm³/mol. The monoisotopic (exact) mass is 753 g/mol. The Labute approximate surface area is 272 Å². The smallest absolute Gasteiger partial charge is 0.149 e. The first-order valence-electron chi connectivity index (χ1n) is 14.6. The molecule has 1 N–H and O–H groups in total. The SMILES string of the molecule is Cc1[c-]c(-c2nccc3cc(C(C)C)ccc23)cc(C)c1.Oc1ccccc1-c1nc2ccccc2n1-c1ccccc1.[Ir]. The van der Waals surface area contributed by atoms with E-state index in [4.69, 9.17) is 4.98 Å². The van der Waals surface area contributed by atoms with Crippen molar-refractivity contribution in [2.24, 2.45) is 0 Å². The molecule has 221 valence electrons. The zero-order chi connectivity index (χ0) is 29.9. The Morgan fingerprint density at radius 3 is 2.25 bits per heavy atom. The van der Waals surface area contributed by atoms with E-state index >= 15 is 0 Å². The molecule has 0 atom stereocenters. The van der Waals surface area contributed by atoms with Gasteiger partial charge in [-0.05, 0) is 70.4 Å². The summed E-state index contributed by atoms with van der Waals surface area (Å²) in [5, 5.41) is 12.7. The molecule has 0 amide bonds. The normalized spacial score (nSPS) is 10.8. The summed E-state index contributed by atoms with van der Waals surface area (Å²) in [5.41, 5.74) is 9.55. The molecular weight excluding hydrogens is 719 g/mol. The first-order chi connectivity index (χ1) is 20.9. The average Bonchev–Trinajstić information content (AvgIpc) is 3.40. The second kappa shape index (κ2) is 13.4. The Balaban J connectivity index is 0.000000171. The van der Waals surface area contributed by atoms with Gasteiger partial charge in [0.1, 0.15) is 11.6 Å². The van der Waals surface area contributed by atoms with Crippen LogP contribution in [-0.2, 0) is 20.1 Å². The maximum Gasteiger partial charge on any atom is 0.149 e. The first-order valence-corrected chi connectivity index (χ1v) is 14.6. The van der Waals surface area contributed by atoms with Crippen molar-refractivity contribution in [2.45, 2.75) is 33.6 Å². The standard InChI is InChI=1S/C20H20N.C19H14N2O.Ir/c1-13(2)16-5-6-19-17(12-16)7-8-21-20(19)18-10-14(3)9-15(4)11-18;22-18-13-7-4-10-15(18)19-20-16-11-5-6-12-17(16)21(19)14-8-2-1-3-9-14;/h5-10,12-13H,1-4H3;1-13,22H;/q-1;;. The van der Waals surface area contributed by atoms with Crippen LogP contribution in [0.5, 0.6) is 5.75 Å². The molecule has 1 radical (unpaired) electrons. The summed E-state index contributed by atoms with van der Waals surface area (Å²) in [6.45, 7) is 8.65. The predicted octanol–water partition coefficient (Wildman–Crippen LogP) is 9.84. The second-order valence-corrected chi connectivity index (χ2v) is 11.2. The summed E-state index contributed by atoms with van der Waals surface area (Å²) in [4.78, 5) is 9.33. The summed E-state index contributed by atoms with van der Waals surface area (Å²) < 4.78 is 2.07. The van der Waals surface area contributed by atoms with Crippen molar-refractivity contribution in [3.8, 4) is 34.1 Å². The molecule has 0 unspecified atom stereocenters. The van der Waals surface area contributed by atoms with Crippen molar-refractivity contribution in [1.29, 1.82) is 0 Å². The van der Waals surface area contributed by atoms with Crippen LogP contribution in [-0.4, -0.2) is 19.6 Å². The molecule has 0 aliphatic heterocycles. The van der Waals surface area contributed by atoms with Crippen molar-refractivity contribution >= 4 is 21.8 Å². The van der Waals surface area contributed by atoms with Gasteiger partial charge in [-0.2, -0.15) is 0 Å². The molecule has 0 aliphatic carbocycles. The molecule has 5 heteroatoms. The van der Waals surface area contributed by atoms with Gasteiger partial charge < -0.3 is 10.1 Å². The molecule has 0 fully saturated rings. The molecule has 0 bridgehead atoms. The van der Waals surface area contributed by atoms with Crippen molar-refractivity contribution in [3.05, 3.63) is 144 Å². The number of phenolic OH excluding ortho intramolecular Hbond substituents is 1. The van der Waals surface area contributed by atoms with Crippen LogP contribution in [0.4, 0.5) is 0 Å². The second-order valence-electron chi connectivity index (χ2n) is 11.2. The number of fused-ring (bicyclic) bond motifs is 2. The summed E-state index contributed by atoms with van der Waals surface area (Å²) in [7, 11) is 0. The number of aromatic hydroxyl groups is 1. The molecule has 7 aromatic rings. The number of aryl methyl sites for hydroxylation is 2. The number of hydrogen-bond donors (Lipinski definition) is 1. The van der Waals surface area contributed by atoms with Crippen LogP contribution in [0.3, 0.4) is 0 Å². The van der Waals surface area contributed by atoms with E-state index in [2.05, 4.69) is 79.7 Å². The largest absolute Gasteiger partial charge is 0.507 e. The maximum absolute atomic E-state index is 10.2. The van der Waals surface area contributed by atoms with E-state index in [0.29, 0.717) is 5.92 Å². The third-order valence-electron chi connectivity index (χ3n) is 7.58. The van der Waals surface area contributed by atoms with Crippen molar-refractivity contribution < 1.29 is 25.2 Å². The number of benzene rings is 5. The maximum atomic E-state index is 10.2. The molecule has 2 aromatic heterocycles. The van der Waals surface area contributed by atoms with Gasteiger partial charge in [0.05, 0.1) is 16.6 Å². The number of aromatic nitrogens is 3. The minimum absolute atomic E-state index is 0. The summed E-state index contributed by atoms with van der Waals surface area (Å²) >= 11 is 0. The average molecular weight is 753 g/mol. The molecule has 0 saturated carbocycles.